The first-order valence-electron chi connectivity index (χ1n) is 14.8. The number of amides is 1. The van der Waals surface area contributed by atoms with Crippen LogP contribution in [0.3, 0.4) is 0 Å². The van der Waals surface area contributed by atoms with Crippen LogP contribution in [0.4, 0.5) is 4.39 Å². The molecule has 2 aliphatic heterocycles. The molecule has 0 spiro atoms. The van der Waals surface area contributed by atoms with E-state index in [0.29, 0.717) is 81.2 Å². The number of benzene rings is 1. The van der Waals surface area contributed by atoms with Crippen molar-refractivity contribution in [1.82, 2.24) is 19.6 Å². The van der Waals surface area contributed by atoms with Gasteiger partial charge in [-0.05, 0) is 68.1 Å². The van der Waals surface area contributed by atoms with Gasteiger partial charge in [-0.2, -0.15) is 9.78 Å². The maximum atomic E-state index is 14.2. The van der Waals surface area contributed by atoms with Gasteiger partial charge in [-0.25, -0.2) is 4.39 Å². The summed E-state index contributed by atoms with van der Waals surface area (Å²) in [5.74, 6) is -1.31. The van der Waals surface area contributed by atoms with E-state index < -0.39 is 18.1 Å². The zero-order valence-electron chi connectivity index (χ0n) is 22.9. The standard InChI is InChI=1S/C31H34ClFN4O4/c32-25-3-1-2-23(17-4-5-17)27(25)30(39)37-26-12-20(29(38)36-15-22(16-36)35-13-21(33)14-35)10-11-24(26)28(34-37)18-6-8-19(9-7-18)31(40)41/h1-3,6,17,19-22H,4-5,7-16H2,(H,40,41). The molecular weight excluding hydrogens is 547 g/mol. The van der Waals surface area contributed by atoms with E-state index in [1.807, 2.05) is 23.1 Å². The summed E-state index contributed by atoms with van der Waals surface area (Å²) in [6.07, 6.45) is 6.52. The third-order valence-corrected chi connectivity index (χ3v) is 10.0. The number of carbonyl (C=O) groups excluding carboxylic acids is 2. The molecule has 216 valence electrons. The highest BCUT2D eigenvalue weighted by molar-refractivity contribution is 6.34. The number of rotatable bonds is 6. The van der Waals surface area contributed by atoms with Gasteiger partial charge >= 0.3 is 5.97 Å². The summed E-state index contributed by atoms with van der Waals surface area (Å²) >= 11 is 6.63. The predicted molar refractivity (Wildman–Crippen MR) is 151 cm³/mol. The highest BCUT2D eigenvalue weighted by Crippen LogP contribution is 2.44. The summed E-state index contributed by atoms with van der Waals surface area (Å²) < 4.78 is 14.8. The number of carboxylic acid groups (broad SMARTS) is 1. The number of allylic oxidation sites excluding steroid dienone is 2. The molecule has 2 unspecified atom stereocenters. The first-order chi connectivity index (χ1) is 19.8. The maximum Gasteiger partial charge on any atom is 0.306 e. The van der Waals surface area contributed by atoms with Crippen LogP contribution in [0.25, 0.3) is 5.57 Å². The minimum Gasteiger partial charge on any atom is -0.481 e. The summed E-state index contributed by atoms with van der Waals surface area (Å²) in [4.78, 5) is 43.2. The van der Waals surface area contributed by atoms with Crippen molar-refractivity contribution in [2.45, 2.75) is 69.5 Å². The molecule has 0 radical (unpaired) electrons. The van der Waals surface area contributed by atoms with E-state index in [1.54, 1.807) is 6.07 Å². The van der Waals surface area contributed by atoms with Crippen LogP contribution in [0.2, 0.25) is 5.02 Å². The molecule has 41 heavy (non-hydrogen) atoms. The lowest BCUT2D eigenvalue weighted by Gasteiger charge is -2.50. The van der Waals surface area contributed by atoms with Crippen LogP contribution in [0.1, 0.15) is 77.3 Å². The number of hydrogen-bond donors (Lipinski definition) is 1. The molecule has 2 aromatic rings. The van der Waals surface area contributed by atoms with Crippen LogP contribution in [0.5, 0.6) is 0 Å². The first-order valence-corrected chi connectivity index (χ1v) is 15.2. The Labute approximate surface area is 243 Å². The molecule has 2 atom stereocenters. The Morgan fingerprint density at radius 2 is 1.76 bits per heavy atom. The highest BCUT2D eigenvalue weighted by Gasteiger charge is 2.43. The molecule has 2 saturated heterocycles. The predicted octanol–water partition coefficient (Wildman–Crippen LogP) is 4.34. The van der Waals surface area contributed by atoms with Gasteiger partial charge in [-0.15, -0.1) is 0 Å². The second-order valence-electron chi connectivity index (χ2n) is 12.4. The summed E-state index contributed by atoms with van der Waals surface area (Å²) in [5.41, 5.74) is 4.91. The van der Waals surface area contributed by atoms with Crippen molar-refractivity contribution >= 4 is 35.0 Å². The SMILES string of the molecule is O=C(O)C1CC=C(c2nn(C(=O)c3c(Cl)cccc3C3CC3)c3c2CCC(C(=O)N2CC(N4CC(F)C4)C2)C3)CC1. The summed E-state index contributed by atoms with van der Waals surface area (Å²) in [7, 11) is 0. The Hall–Kier alpha value is -3.04. The molecule has 3 fully saturated rings. The van der Waals surface area contributed by atoms with Crippen molar-refractivity contribution in [3.05, 3.63) is 57.4 Å². The van der Waals surface area contributed by atoms with E-state index in [1.165, 1.54) is 4.68 Å². The van der Waals surface area contributed by atoms with Gasteiger partial charge in [0.15, 0.2) is 0 Å². The fraction of sp³-hybridized carbons (Fsp3) is 0.548. The third-order valence-electron chi connectivity index (χ3n) is 9.71. The Bertz CT molecular complexity index is 1450. The van der Waals surface area contributed by atoms with Crippen molar-refractivity contribution in [1.29, 1.82) is 0 Å². The van der Waals surface area contributed by atoms with E-state index in [9.17, 15) is 23.9 Å². The van der Waals surface area contributed by atoms with Crippen LogP contribution in [-0.4, -0.2) is 80.9 Å². The molecule has 3 aliphatic carbocycles. The van der Waals surface area contributed by atoms with Gasteiger partial charge in [0.05, 0.1) is 27.9 Å². The van der Waals surface area contributed by atoms with E-state index >= 15 is 0 Å². The van der Waals surface area contributed by atoms with Crippen LogP contribution in [0, 0.1) is 11.8 Å². The fourth-order valence-corrected chi connectivity index (χ4v) is 7.27. The van der Waals surface area contributed by atoms with Crippen LogP contribution < -0.4 is 0 Å². The van der Waals surface area contributed by atoms with E-state index in [2.05, 4.69) is 4.90 Å². The first kappa shape index (κ1) is 26.8. The molecule has 1 aromatic heterocycles. The van der Waals surface area contributed by atoms with Gasteiger partial charge in [0, 0.05) is 50.1 Å². The lowest BCUT2D eigenvalue weighted by Crippen LogP contribution is -2.67. The molecule has 8 nitrogen and oxygen atoms in total. The number of carboxylic acids is 1. The van der Waals surface area contributed by atoms with E-state index in [0.717, 1.165) is 40.9 Å². The number of halogens is 2. The number of hydrogen-bond acceptors (Lipinski definition) is 5. The number of nitrogens with zero attached hydrogens (tertiary/aromatic N) is 4. The van der Waals surface area contributed by atoms with E-state index in [4.69, 9.17) is 16.7 Å². The zero-order valence-corrected chi connectivity index (χ0v) is 23.7. The van der Waals surface area contributed by atoms with Gasteiger partial charge in [-0.1, -0.05) is 29.8 Å². The average Bonchev–Trinajstić information content (AvgIpc) is 3.70. The Morgan fingerprint density at radius 3 is 2.41 bits per heavy atom. The minimum absolute atomic E-state index is 0.0866. The molecule has 7 rings (SSSR count). The molecule has 1 N–H and O–H groups in total. The van der Waals surface area contributed by atoms with Crippen molar-refractivity contribution in [3.8, 4) is 0 Å². The summed E-state index contributed by atoms with van der Waals surface area (Å²) in [6, 6.07) is 5.83. The molecule has 5 aliphatic rings. The number of aliphatic carboxylic acids is 1. The Balaban J connectivity index is 1.19. The number of fused-ring (bicyclic) bond motifs is 1. The third kappa shape index (κ3) is 4.80. The number of aromatic nitrogens is 2. The van der Waals surface area contributed by atoms with Crippen LogP contribution in [-0.2, 0) is 22.4 Å². The second-order valence-corrected chi connectivity index (χ2v) is 12.8. The van der Waals surface area contributed by atoms with Crippen molar-refractivity contribution < 1.29 is 23.9 Å². The van der Waals surface area contributed by atoms with Crippen molar-refractivity contribution in [3.63, 3.8) is 0 Å². The second kappa shape index (κ2) is 10.3. The number of alkyl halides is 1. The zero-order chi connectivity index (χ0) is 28.4. The number of likely N-dealkylation sites (tertiary alicyclic amines) is 2. The van der Waals surface area contributed by atoms with Crippen molar-refractivity contribution in [2.24, 2.45) is 11.8 Å². The minimum atomic E-state index is -0.789. The maximum absolute atomic E-state index is 14.2. The lowest BCUT2D eigenvalue weighted by molar-refractivity contribution is -0.146. The molecular formula is C31H34ClFN4O4. The topological polar surface area (TPSA) is 95.7 Å². The largest absolute Gasteiger partial charge is 0.481 e. The average molecular weight is 581 g/mol. The molecule has 1 saturated carbocycles. The molecule has 10 heteroatoms. The quantitative estimate of drug-likeness (QED) is 0.546. The summed E-state index contributed by atoms with van der Waals surface area (Å²) in [6.45, 7) is 2.16. The summed E-state index contributed by atoms with van der Waals surface area (Å²) in [5, 5.41) is 14.7. The van der Waals surface area contributed by atoms with Gasteiger partial charge < -0.3 is 10.0 Å². The van der Waals surface area contributed by atoms with Crippen molar-refractivity contribution in [2.75, 3.05) is 26.2 Å². The fourth-order valence-electron chi connectivity index (χ4n) is 7.01. The van der Waals surface area contributed by atoms with Gasteiger partial charge in [0.1, 0.15) is 6.17 Å². The Morgan fingerprint density at radius 1 is 1.00 bits per heavy atom. The lowest BCUT2D eigenvalue weighted by atomic mass is 9.82. The number of carbonyl (C=O) groups is 3. The molecule has 0 bridgehead atoms. The smallest absolute Gasteiger partial charge is 0.306 e. The van der Waals surface area contributed by atoms with Crippen LogP contribution in [0.15, 0.2) is 24.3 Å². The Kier molecular flexibility index (Phi) is 6.77. The van der Waals surface area contributed by atoms with Crippen LogP contribution >= 0.6 is 11.6 Å². The molecule has 1 aromatic carbocycles. The molecule has 3 heterocycles. The van der Waals surface area contributed by atoms with E-state index in [-0.39, 0.29) is 23.8 Å². The normalized spacial score (nSPS) is 25.2. The van der Waals surface area contributed by atoms with Gasteiger partial charge in [-0.3, -0.25) is 19.3 Å². The van der Waals surface area contributed by atoms with Gasteiger partial charge in [0.2, 0.25) is 5.91 Å². The monoisotopic (exact) mass is 580 g/mol. The van der Waals surface area contributed by atoms with Gasteiger partial charge in [0.25, 0.3) is 5.91 Å². The molecule has 1 amide bonds. The highest BCUT2D eigenvalue weighted by atomic mass is 35.5.